The van der Waals surface area contributed by atoms with Crippen LogP contribution in [0.1, 0.15) is 19.3 Å². The Bertz CT molecular complexity index is 646. The van der Waals surface area contributed by atoms with E-state index in [4.69, 9.17) is 9.97 Å². The van der Waals surface area contributed by atoms with Gasteiger partial charge in [-0.15, -0.1) is 0 Å². The molecule has 1 aromatic carbocycles. The Hall–Kier alpha value is -1.88. The summed E-state index contributed by atoms with van der Waals surface area (Å²) in [5.74, 6) is 1.92. The molecule has 2 aromatic rings. The summed E-state index contributed by atoms with van der Waals surface area (Å²) in [5.41, 5.74) is 1.93. The standard InChI is InChI=1S/C16H21N5/c1-21(12-8-9-17-10-12)16-15(18-11-6-7-11)19-13-4-2-3-5-14(13)20-16/h2-5,11-12,17H,6-10H2,1H3,(H,18,19)/t12-/m1/s1. The van der Waals surface area contributed by atoms with Crippen molar-refractivity contribution in [2.24, 2.45) is 0 Å². The molecule has 1 aromatic heterocycles. The molecule has 1 saturated carbocycles. The molecule has 1 aliphatic heterocycles. The van der Waals surface area contributed by atoms with Gasteiger partial charge in [-0.2, -0.15) is 0 Å². The maximum atomic E-state index is 4.87. The van der Waals surface area contributed by atoms with E-state index in [0.29, 0.717) is 12.1 Å². The van der Waals surface area contributed by atoms with Crippen LogP contribution in [-0.2, 0) is 0 Å². The van der Waals surface area contributed by atoms with Crippen LogP contribution in [0.2, 0.25) is 0 Å². The molecule has 2 heterocycles. The first kappa shape index (κ1) is 12.8. The number of nitrogens with one attached hydrogen (secondary N) is 2. The second kappa shape index (κ2) is 5.15. The third kappa shape index (κ3) is 2.53. The molecule has 2 fully saturated rings. The molecule has 0 spiro atoms. The molecule has 5 heteroatoms. The van der Waals surface area contributed by atoms with Crippen LogP contribution in [-0.4, -0.2) is 42.2 Å². The first-order valence-electron chi connectivity index (χ1n) is 7.78. The number of aromatic nitrogens is 2. The summed E-state index contributed by atoms with van der Waals surface area (Å²) in [4.78, 5) is 12.0. The Morgan fingerprint density at radius 2 is 1.90 bits per heavy atom. The highest BCUT2D eigenvalue weighted by Gasteiger charge is 2.27. The van der Waals surface area contributed by atoms with Gasteiger partial charge in [0.05, 0.1) is 11.0 Å². The van der Waals surface area contributed by atoms with Gasteiger partial charge < -0.3 is 15.5 Å². The predicted molar refractivity (Wildman–Crippen MR) is 85.9 cm³/mol. The zero-order valence-corrected chi connectivity index (χ0v) is 12.3. The van der Waals surface area contributed by atoms with Gasteiger partial charge in [-0.25, -0.2) is 9.97 Å². The maximum absolute atomic E-state index is 4.87. The van der Waals surface area contributed by atoms with E-state index in [-0.39, 0.29) is 0 Å². The lowest BCUT2D eigenvalue weighted by Gasteiger charge is -2.27. The number of benzene rings is 1. The van der Waals surface area contributed by atoms with Gasteiger partial charge in [0.1, 0.15) is 0 Å². The van der Waals surface area contributed by atoms with E-state index < -0.39 is 0 Å². The first-order valence-corrected chi connectivity index (χ1v) is 7.78. The van der Waals surface area contributed by atoms with Gasteiger partial charge in [-0.05, 0) is 37.9 Å². The topological polar surface area (TPSA) is 53.1 Å². The second-order valence-electron chi connectivity index (χ2n) is 6.06. The number of hydrogen-bond donors (Lipinski definition) is 2. The lowest BCUT2D eigenvalue weighted by atomic mass is 10.2. The second-order valence-corrected chi connectivity index (χ2v) is 6.06. The van der Waals surface area contributed by atoms with Crippen molar-refractivity contribution in [3.05, 3.63) is 24.3 Å². The summed E-state index contributed by atoms with van der Waals surface area (Å²) in [6.45, 7) is 2.11. The van der Waals surface area contributed by atoms with Gasteiger partial charge in [0, 0.05) is 25.7 Å². The summed E-state index contributed by atoms with van der Waals surface area (Å²) in [6.07, 6.45) is 3.64. The number of likely N-dealkylation sites (N-methyl/N-ethyl adjacent to an activating group) is 1. The minimum atomic E-state index is 0.500. The molecule has 1 aliphatic carbocycles. The molecule has 1 saturated heterocycles. The Morgan fingerprint density at radius 3 is 2.57 bits per heavy atom. The van der Waals surface area contributed by atoms with Gasteiger partial charge in [-0.3, -0.25) is 0 Å². The average Bonchev–Trinajstić information content (AvgIpc) is 3.16. The third-order valence-corrected chi connectivity index (χ3v) is 4.39. The number of para-hydroxylation sites is 2. The Balaban J connectivity index is 1.75. The quantitative estimate of drug-likeness (QED) is 0.899. The molecule has 4 rings (SSSR count). The lowest BCUT2D eigenvalue weighted by molar-refractivity contribution is 0.678. The molecule has 0 unspecified atom stereocenters. The number of fused-ring (bicyclic) bond motifs is 1. The summed E-state index contributed by atoms with van der Waals surface area (Å²) in [6, 6.07) is 9.18. The molecule has 5 nitrogen and oxygen atoms in total. The third-order valence-electron chi connectivity index (χ3n) is 4.39. The van der Waals surface area contributed by atoms with Crippen LogP contribution in [0.5, 0.6) is 0 Å². The number of hydrogen-bond acceptors (Lipinski definition) is 5. The molecule has 110 valence electrons. The van der Waals surface area contributed by atoms with Crippen LogP contribution in [0.15, 0.2) is 24.3 Å². The fraction of sp³-hybridized carbons (Fsp3) is 0.500. The van der Waals surface area contributed by atoms with Gasteiger partial charge in [-0.1, -0.05) is 12.1 Å². The minimum Gasteiger partial charge on any atom is -0.364 e. The zero-order valence-electron chi connectivity index (χ0n) is 12.3. The predicted octanol–water partition coefficient (Wildman–Crippen LogP) is 2.00. The fourth-order valence-electron chi connectivity index (χ4n) is 2.90. The normalized spacial score (nSPS) is 21.7. The molecule has 2 N–H and O–H groups in total. The fourth-order valence-corrected chi connectivity index (χ4v) is 2.90. The van der Waals surface area contributed by atoms with Crippen molar-refractivity contribution in [2.45, 2.75) is 31.3 Å². The number of nitrogens with zero attached hydrogens (tertiary/aromatic N) is 3. The van der Waals surface area contributed by atoms with Gasteiger partial charge in [0.2, 0.25) is 0 Å². The van der Waals surface area contributed by atoms with E-state index in [2.05, 4.69) is 22.6 Å². The van der Waals surface area contributed by atoms with E-state index >= 15 is 0 Å². The molecule has 2 aliphatic rings. The van der Waals surface area contributed by atoms with Crippen molar-refractivity contribution in [1.29, 1.82) is 0 Å². The molecular formula is C16H21N5. The van der Waals surface area contributed by atoms with Crippen molar-refractivity contribution in [1.82, 2.24) is 15.3 Å². The van der Waals surface area contributed by atoms with Gasteiger partial charge >= 0.3 is 0 Å². The molecule has 0 radical (unpaired) electrons. The van der Waals surface area contributed by atoms with Crippen molar-refractivity contribution in [3.8, 4) is 0 Å². The SMILES string of the molecule is CN(c1nc2ccccc2nc1NC1CC1)[C@@H]1CCNC1. The molecule has 21 heavy (non-hydrogen) atoms. The van der Waals surface area contributed by atoms with Crippen LogP contribution in [0.25, 0.3) is 11.0 Å². The number of anilines is 2. The summed E-state index contributed by atoms with van der Waals surface area (Å²) < 4.78 is 0. The maximum Gasteiger partial charge on any atom is 0.172 e. The smallest absolute Gasteiger partial charge is 0.172 e. The van der Waals surface area contributed by atoms with E-state index in [1.54, 1.807) is 0 Å². The van der Waals surface area contributed by atoms with Crippen LogP contribution >= 0.6 is 0 Å². The monoisotopic (exact) mass is 283 g/mol. The van der Waals surface area contributed by atoms with Crippen LogP contribution in [0, 0.1) is 0 Å². The van der Waals surface area contributed by atoms with Crippen LogP contribution in [0.3, 0.4) is 0 Å². The Kier molecular flexibility index (Phi) is 3.15. The highest BCUT2D eigenvalue weighted by molar-refractivity contribution is 5.80. The van der Waals surface area contributed by atoms with Gasteiger partial charge in [0.15, 0.2) is 11.6 Å². The van der Waals surface area contributed by atoms with E-state index in [0.717, 1.165) is 42.2 Å². The Labute approximate surface area is 124 Å². The average molecular weight is 283 g/mol. The summed E-state index contributed by atoms with van der Waals surface area (Å²) >= 11 is 0. The largest absolute Gasteiger partial charge is 0.364 e. The molecule has 0 amide bonds. The first-order chi connectivity index (χ1) is 10.3. The van der Waals surface area contributed by atoms with E-state index in [1.807, 2.05) is 24.3 Å². The van der Waals surface area contributed by atoms with Gasteiger partial charge in [0.25, 0.3) is 0 Å². The van der Waals surface area contributed by atoms with E-state index in [1.165, 1.54) is 12.8 Å². The van der Waals surface area contributed by atoms with Crippen molar-refractivity contribution >= 4 is 22.7 Å². The zero-order chi connectivity index (χ0) is 14.2. The Morgan fingerprint density at radius 1 is 1.14 bits per heavy atom. The summed E-state index contributed by atoms with van der Waals surface area (Å²) in [7, 11) is 2.13. The minimum absolute atomic E-state index is 0.500. The van der Waals surface area contributed by atoms with Crippen LogP contribution < -0.4 is 15.5 Å². The van der Waals surface area contributed by atoms with Crippen molar-refractivity contribution < 1.29 is 0 Å². The number of rotatable bonds is 4. The molecule has 0 bridgehead atoms. The molecular weight excluding hydrogens is 262 g/mol. The van der Waals surface area contributed by atoms with Crippen molar-refractivity contribution in [2.75, 3.05) is 30.4 Å². The summed E-state index contributed by atoms with van der Waals surface area (Å²) in [5, 5.41) is 6.97. The molecule has 1 atom stereocenters. The highest BCUT2D eigenvalue weighted by atomic mass is 15.3. The highest BCUT2D eigenvalue weighted by Crippen LogP contribution is 2.31. The lowest BCUT2D eigenvalue weighted by Crippen LogP contribution is -2.34. The van der Waals surface area contributed by atoms with Crippen molar-refractivity contribution in [3.63, 3.8) is 0 Å². The van der Waals surface area contributed by atoms with Crippen LogP contribution in [0.4, 0.5) is 11.6 Å². The van der Waals surface area contributed by atoms with E-state index in [9.17, 15) is 0 Å².